The van der Waals surface area contributed by atoms with Gasteiger partial charge in [-0.2, -0.15) is 13.2 Å². The average molecular weight is 403 g/mol. The van der Waals surface area contributed by atoms with Gasteiger partial charge in [-0.15, -0.1) is 0 Å². The summed E-state index contributed by atoms with van der Waals surface area (Å²) in [5, 5.41) is 0.557. The van der Waals surface area contributed by atoms with Gasteiger partial charge in [0, 0.05) is 32.4 Å². The van der Waals surface area contributed by atoms with Gasteiger partial charge in [0.15, 0.2) is 0 Å². The first kappa shape index (κ1) is 19.4. The Morgan fingerprint density at radius 1 is 1.07 bits per heavy atom. The molecule has 1 aliphatic heterocycles. The van der Waals surface area contributed by atoms with Crippen LogP contribution in [-0.2, 0) is 6.18 Å². The molecule has 9 heteroatoms. The first-order valence-corrected chi connectivity index (χ1v) is 9.34. The third-order valence-corrected chi connectivity index (χ3v) is 5.29. The molecule has 0 radical (unpaired) electrons. The molecule has 0 saturated carbocycles. The minimum absolute atomic E-state index is 0.0879. The van der Waals surface area contributed by atoms with Crippen molar-refractivity contribution >= 4 is 16.7 Å². The van der Waals surface area contributed by atoms with Crippen LogP contribution >= 0.6 is 0 Å². The second-order valence-corrected chi connectivity index (χ2v) is 7.07. The molecule has 152 valence electrons. The zero-order valence-corrected chi connectivity index (χ0v) is 15.8. The monoisotopic (exact) mass is 403 g/mol. The van der Waals surface area contributed by atoms with Gasteiger partial charge in [-0.25, -0.2) is 9.97 Å². The minimum atomic E-state index is -4.39. The molecule has 6 nitrogen and oxygen atoms in total. The number of nitrogens with one attached hydrogen (secondary N) is 1. The zero-order valence-electron chi connectivity index (χ0n) is 15.8. The minimum Gasteiger partial charge on any atom is -0.354 e. The number of rotatable bonds is 3. The number of pyridine rings is 1. The number of hydrogen-bond donors (Lipinski definition) is 1. The van der Waals surface area contributed by atoms with Crippen LogP contribution in [-0.4, -0.2) is 46.0 Å². The van der Waals surface area contributed by atoms with E-state index in [2.05, 4.69) is 19.9 Å². The topological polar surface area (TPSA) is 65.1 Å². The Morgan fingerprint density at radius 2 is 1.79 bits per heavy atom. The first-order chi connectivity index (χ1) is 13.8. The van der Waals surface area contributed by atoms with E-state index in [-0.39, 0.29) is 11.6 Å². The Morgan fingerprint density at radius 3 is 2.45 bits per heavy atom. The highest BCUT2D eigenvalue weighted by Crippen LogP contribution is 2.29. The van der Waals surface area contributed by atoms with Gasteiger partial charge in [0.25, 0.3) is 5.56 Å². The molecule has 0 spiro atoms. The summed E-state index contributed by atoms with van der Waals surface area (Å²) in [5.41, 5.74) is -0.254. The summed E-state index contributed by atoms with van der Waals surface area (Å²) in [4.78, 5) is 27.9. The molecule has 2 aromatic heterocycles. The number of aromatic nitrogens is 3. The summed E-state index contributed by atoms with van der Waals surface area (Å²) in [6.45, 7) is 4.60. The number of anilines is 1. The van der Waals surface area contributed by atoms with E-state index in [0.717, 1.165) is 12.3 Å². The lowest BCUT2D eigenvalue weighted by atomic mass is 10.2. The van der Waals surface area contributed by atoms with Gasteiger partial charge in [-0.05, 0) is 31.2 Å². The summed E-state index contributed by atoms with van der Waals surface area (Å²) in [6.07, 6.45) is -3.52. The van der Waals surface area contributed by atoms with Crippen molar-refractivity contribution in [1.29, 1.82) is 0 Å². The van der Waals surface area contributed by atoms with Gasteiger partial charge in [0.05, 0.1) is 22.5 Å². The number of halogens is 3. The maximum atomic E-state index is 12.7. The molecular formula is C20H20F3N5O. The van der Waals surface area contributed by atoms with Crippen LogP contribution in [0.3, 0.4) is 0 Å². The van der Waals surface area contributed by atoms with Crippen molar-refractivity contribution in [1.82, 2.24) is 19.9 Å². The van der Waals surface area contributed by atoms with E-state index < -0.39 is 11.7 Å². The Hall–Kier alpha value is -2.94. The molecule has 1 aromatic carbocycles. The van der Waals surface area contributed by atoms with Crippen molar-refractivity contribution in [3.8, 4) is 0 Å². The second kappa shape index (κ2) is 7.47. The summed E-state index contributed by atoms with van der Waals surface area (Å²) in [5.74, 6) is 1.14. The van der Waals surface area contributed by atoms with Gasteiger partial charge in [-0.3, -0.25) is 9.69 Å². The van der Waals surface area contributed by atoms with Crippen LogP contribution in [0.2, 0.25) is 0 Å². The van der Waals surface area contributed by atoms with Gasteiger partial charge in [0.1, 0.15) is 11.6 Å². The van der Waals surface area contributed by atoms with E-state index in [4.69, 9.17) is 0 Å². The van der Waals surface area contributed by atoms with Crippen molar-refractivity contribution < 1.29 is 13.2 Å². The van der Waals surface area contributed by atoms with Gasteiger partial charge >= 0.3 is 6.18 Å². The summed E-state index contributed by atoms with van der Waals surface area (Å²) in [7, 11) is 0. The van der Waals surface area contributed by atoms with Crippen LogP contribution in [0, 0.1) is 0 Å². The molecule has 1 atom stereocenters. The van der Waals surface area contributed by atoms with Gasteiger partial charge in [-0.1, -0.05) is 12.1 Å². The zero-order chi connectivity index (χ0) is 20.6. The number of nitrogens with zero attached hydrogens (tertiary/aromatic N) is 4. The van der Waals surface area contributed by atoms with E-state index >= 15 is 0 Å². The molecule has 1 fully saturated rings. The average Bonchev–Trinajstić information content (AvgIpc) is 2.73. The predicted molar refractivity (Wildman–Crippen MR) is 104 cm³/mol. The van der Waals surface area contributed by atoms with Crippen LogP contribution in [0.25, 0.3) is 10.9 Å². The lowest BCUT2D eigenvalue weighted by Gasteiger charge is -2.38. The van der Waals surface area contributed by atoms with Crippen LogP contribution < -0.4 is 10.5 Å². The number of benzene rings is 1. The Bertz CT molecular complexity index is 1060. The lowest BCUT2D eigenvalue weighted by Crippen LogP contribution is -2.47. The van der Waals surface area contributed by atoms with E-state index in [0.29, 0.717) is 48.7 Å². The normalized spacial score (nSPS) is 16.9. The Kier molecular flexibility index (Phi) is 4.99. The molecule has 1 N–H and O–H groups in total. The van der Waals surface area contributed by atoms with Gasteiger partial charge < -0.3 is 9.88 Å². The van der Waals surface area contributed by atoms with Crippen molar-refractivity contribution in [2.75, 3.05) is 31.1 Å². The molecule has 3 aromatic rings. The van der Waals surface area contributed by atoms with E-state index in [1.54, 1.807) is 12.1 Å². The van der Waals surface area contributed by atoms with Crippen molar-refractivity contribution in [3.05, 3.63) is 64.3 Å². The maximum absolute atomic E-state index is 12.7. The number of piperazine rings is 1. The highest BCUT2D eigenvalue weighted by atomic mass is 19.4. The van der Waals surface area contributed by atoms with E-state index in [1.807, 2.05) is 24.0 Å². The fourth-order valence-electron chi connectivity index (χ4n) is 3.55. The van der Waals surface area contributed by atoms with E-state index in [1.165, 1.54) is 6.07 Å². The Balaban J connectivity index is 1.45. The Labute approximate surface area is 165 Å². The highest BCUT2D eigenvalue weighted by Gasteiger charge is 2.31. The molecule has 1 saturated heterocycles. The largest absolute Gasteiger partial charge is 0.417 e. The van der Waals surface area contributed by atoms with E-state index in [9.17, 15) is 18.0 Å². The third kappa shape index (κ3) is 3.95. The quantitative estimate of drug-likeness (QED) is 0.728. The molecule has 3 heterocycles. The second-order valence-electron chi connectivity index (χ2n) is 7.07. The van der Waals surface area contributed by atoms with Crippen LogP contribution in [0.4, 0.5) is 19.0 Å². The number of fused-ring (bicyclic) bond motifs is 1. The fourth-order valence-corrected chi connectivity index (χ4v) is 3.55. The molecule has 1 aliphatic rings. The molecule has 0 unspecified atom stereocenters. The lowest BCUT2D eigenvalue weighted by molar-refractivity contribution is -0.137. The SMILES string of the molecule is C[C@H](c1nc2ccccc2c(=O)[nH]1)N1CCN(c2ccc(C(F)(F)F)cn2)CC1. The van der Waals surface area contributed by atoms with Crippen molar-refractivity contribution in [2.45, 2.75) is 19.1 Å². The van der Waals surface area contributed by atoms with Crippen molar-refractivity contribution in [2.24, 2.45) is 0 Å². The van der Waals surface area contributed by atoms with Crippen molar-refractivity contribution in [3.63, 3.8) is 0 Å². The molecule has 29 heavy (non-hydrogen) atoms. The van der Waals surface area contributed by atoms with Crippen LogP contribution in [0.15, 0.2) is 47.4 Å². The standard InChI is InChI=1S/C20H20F3N5O/c1-13(18-25-16-5-3-2-4-15(16)19(29)26-18)27-8-10-28(11-9-27)17-7-6-14(12-24-17)20(21,22)23/h2-7,12-13H,8-11H2,1H3,(H,25,26,29)/t13-/m1/s1. The smallest absolute Gasteiger partial charge is 0.354 e. The van der Waals surface area contributed by atoms with Crippen LogP contribution in [0.5, 0.6) is 0 Å². The summed E-state index contributed by atoms with van der Waals surface area (Å²) in [6, 6.07) is 9.58. The number of hydrogen-bond acceptors (Lipinski definition) is 5. The fraction of sp³-hybridized carbons (Fsp3) is 0.350. The number of para-hydroxylation sites is 1. The molecule has 0 amide bonds. The summed E-state index contributed by atoms with van der Waals surface area (Å²) >= 11 is 0. The van der Waals surface area contributed by atoms with Gasteiger partial charge in [0.2, 0.25) is 0 Å². The predicted octanol–water partition coefficient (Wildman–Crippen LogP) is 3.22. The maximum Gasteiger partial charge on any atom is 0.417 e. The van der Waals surface area contributed by atoms with Crippen LogP contribution in [0.1, 0.15) is 24.4 Å². The molecule has 0 aliphatic carbocycles. The number of H-pyrrole nitrogens is 1. The summed E-state index contributed by atoms with van der Waals surface area (Å²) < 4.78 is 38.1. The molecule has 4 rings (SSSR count). The molecule has 0 bridgehead atoms. The molecular weight excluding hydrogens is 383 g/mol. The number of aromatic amines is 1. The third-order valence-electron chi connectivity index (χ3n) is 5.29. The number of alkyl halides is 3. The first-order valence-electron chi connectivity index (χ1n) is 9.34. The highest BCUT2D eigenvalue weighted by molar-refractivity contribution is 5.77.